The van der Waals surface area contributed by atoms with Crippen LogP contribution in [0.25, 0.3) is 0 Å². The first kappa shape index (κ1) is 23.4. The first-order valence-corrected chi connectivity index (χ1v) is 13.2. The molecule has 3 heterocycles. The Morgan fingerprint density at radius 2 is 1.89 bits per heavy atom. The summed E-state index contributed by atoms with van der Waals surface area (Å²) >= 11 is 3.69. The number of aliphatic hydroxyl groups excluding tert-OH is 1. The average molecular weight is 524 g/mol. The average Bonchev–Trinajstić information content (AvgIpc) is 3.60. The molecule has 2 aromatic heterocycles. The molecule has 1 aliphatic rings. The number of rotatable bonds is 7. The van der Waals surface area contributed by atoms with Crippen LogP contribution in [0.2, 0.25) is 0 Å². The molecule has 1 amide bonds. The van der Waals surface area contributed by atoms with Gasteiger partial charge in [-0.25, -0.2) is 4.39 Å². The van der Waals surface area contributed by atoms with Gasteiger partial charge in [0.25, 0.3) is 5.91 Å². The van der Waals surface area contributed by atoms with Gasteiger partial charge in [0, 0.05) is 5.75 Å². The second-order valence-electron chi connectivity index (χ2n) is 7.79. The van der Waals surface area contributed by atoms with Gasteiger partial charge in [-0.1, -0.05) is 77.2 Å². The van der Waals surface area contributed by atoms with E-state index >= 15 is 0 Å². The van der Waals surface area contributed by atoms with Crippen LogP contribution in [-0.4, -0.2) is 27.0 Å². The Morgan fingerprint density at radius 3 is 2.60 bits per heavy atom. The van der Waals surface area contributed by atoms with Crippen LogP contribution in [0.1, 0.15) is 32.4 Å². The smallest absolute Gasteiger partial charge is 0.296 e. The van der Waals surface area contributed by atoms with Crippen molar-refractivity contribution in [3.05, 3.63) is 105 Å². The summed E-state index contributed by atoms with van der Waals surface area (Å²) < 4.78 is 14.5. The highest BCUT2D eigenvalue weighted by atomic mass is 32.2. The number of halogens is 1. The third-order valence-electron chi connectivity index (χ3n) is 5.50. The first-order chi connectivity index (χ1) is 16.9. The molecule has 0 saturated heterocycles. The number of amides is 1. The molecule has 0 bridgehead atoms. The number of ketones is 1. The molecule has 1 unspecified atom stereocenters. The molecule has 35 heavy (non-hydrogen) atoms. The van der Waals surface area contributed by atoms with Crippen molar-refractivity contribution in [3.8, 4) is 0 Å². The van der Waals surface area contributed by atoms with Gasteiger partial charge in [0.1, 0.15) is 5.82 Å². The van der Waals surface area contributed by atoms with E-state index in [9.17, 15) is 19.1 Å². The van der Waals surface area contributed by atoms with Crippen LogP contribution in [0.5, 0.6) is 0 Å². The van der Waals surface area contributed by atoms with E-state index in [0.29, 0.717) is 26.1 Å². The molecular weight excluding hydrogens is 505 g/mol. The fraction of sp³-hybridized carbons (Fsp3) is 0.120. The van der Waals surface area contributed by atoms with Gasteiger partial charge in [-0.15, -0.1) is 21.5 Å². The number of carbonyl (C=O) groups is 2. The lowest BCUT2D eigenvalue weighted by Gasteiger charge is -2.24. The Balaban J connectivity index is 1.49. The highest BCUT2D eigenvalue weighted by molar-refractivity contribution is 8.00. The molecule has 4 aromatic rings. The number of carbonyl (C=O) groups excluding carboxylic acids is 2. The third-order valence-corrected chi connectivity index (χ3v) is 8.47. The van der Waals surface area contributed by atoms with E-state index in [1.165, 1.54) is 34.1 Å². The molecule has 176 valence electrons. The number of nitrogens with zero attached hydrogens (tertiary/aromatic N) is 3. The van der Waals surface area contributed by atoms with Gasteiger partial charge in [-0.3, -0.25) is 14.5 Å². The Hall–Kier alpha value is -3.34. The Morgan fingerprint density at radius 1 is 1.11 bits per heavy atom. The van der Waals surface area contributed by atoms with E-state index < -0.39 is 23.5 Å². The Kier molecular flexibility index (Phi) is 6.50. The molecule has 5 rings (SSSR count). The van der Waals surface area contributed by atoms with Gasteiger partial charge in [0.05, 0.1) is 16.5 Å². The molecule has 0 saturated carbocycles. The number of Topliss-reactive ketones (excluding diaryl/α,β-unsaturated/α-hetero) is 1. The SMILES string of the molecule is Cc1ccc(C2C(C(=O)c3cccs3)=C(O)C(=O)N2c2nnc(SCc3ccccc3F)s2)cc1. The number of anilines is 1. The van der Waals surface area contributed by atoms with E-state index in [0.717, 1.165) is 16.9 Å². The number of aliphatic hydroxyl groups is 1. The first-order valence-electron chi connectivity index (χ1n) is 10.5. The van der Waals surface area contributed by atoms with Crippen LogP contribution in [0.4, 0.5) is 9.52 Å². The molecule has 0 spiro atoms. The van der Waals surface area contributed by atoms with Crippen LogP contribution >= 0.6 is 34.4 Å². The minimum Gasteiger partial charge on any atom is -0.503 e. The number of hydrogen-bond donors (Lipinski definition) is 1. The fourth-order valence-corrected chi connectivity index (χ4v) is 6.28. The van der Waals surface area contributed by atoms with Crippen molar-refractivity contribution >= 4 is 51.3 Å². The van der Waals surface area contributed by atoms with Crippen molar-refractivity contribution in [2.75, 3.05) is 4.90 Å². The zero-order valence-electron chi connectivity index (χ0n) is 18.3. The van der Waals surface area contributed by atoms with Crippen molar-refractivity contribution < 1.29 is 19.1 Å². The zero-order valence-corrected chi connectivity index (χ0v) is 20.8. The number of benzene rings is 2. The standard InChI is InChI=1S/C25H18FN3O3S3/c1-14-8-10-15(11-9-14)20-19(21(30)18-7-4-12-33-18)22(31)23(32)29(20)24-27-28-25(35-24)34-13-16-5-2-3-6-17(16)26/h2-12,20,31H,13H2,1H3. The van der Waals surface area contributed by atoms with Crippen molar-refractivity contribution in [3.63, 3.8) is 0 Å². The van der Waals surface area contributed by atoms with E-state index in [-0.39, 0.29) is 16.5 Å². The molecule has 1 atom stereocenters. The van der Waals surface area contributed by atoms with Gasteiger partial charge in [-0.2, -0.15) is 0 Å². The maximum Gasteiger partial charge on any atom is 0.296 e. The predicted molar refractivity (Wildman–Crippen MR) is 136 cm³/mol. The minimum absolute atomic E-state index is 0.0112. The maximum absolute atomic E-state index is 14.0. The van der Waals surface area contributed by atoms with E-state index in [2.05, 4.69) is 10.2 Å². The summed E-state index contributed by atoms with van der Waals surface area (Å²) in [6.45, 7) is 1.94. The predicted octanol–water partition coefficient (Wildman–Crippen LogP) is 6.12. The Labute approximate surface area is 212 Å². The van der Waals surface area contributed by atoms with Crippen molar-refractivity contribution in [2.24, 2.45) is 0 Å². The van der Waals surface area contributed by atoms with Crippen LogP contribution in [0, 0.1) is 12.7 Å². The van der Waals surface area contributed by atoms with Crippen molar-refractivity contribution in [1.29, 1.82) is 0 Å². The summed E-state index contributed by atoms with van der Waals surface area (Å²) in [4.78, 5) is 28.3. The number of thioether (sulfide) groups is 1. The molecule has 10 heteroatoms. The van der Waals surface area contributed by atoms with Crippen LogP contribution in [0.15, 0.2) is 81.7 Å². The molecule has 1 aliphatic heterocycles. The highest BCUT2D eigenvalue weighted by Crippen LogP contribution is 2.44. The summed E-state index contributed by atoms with van der Waals surface area (Å²) in [5.74, 6) is -1.66. The van der Waals surface area contributed by atoms with E-state index in [4.69, 9.17) is 0 Å². The number of aromatic nitrogens is 2. The molecule has 2 aromatic carbocycles. The Bertz CT molecular complexity index is 1430. The third kappa shape index (κ3) is 4.52. The lowest BCUT2D eigenvalue weighted by molar-refractivity contribution is -0.117. The van der Waals surface area contributed by atoms with Crippen molar-refractivity contribution in [1.82, 2.24) is 10.2 Å². The molecule has 0 fully saturated rings. The molecule has 0 aliphatic carbocycles. The van der Waals surface area contributed by atoms with Gasteiger partial charge >= 0.3 is 0 Å². The largest absolute Gasteiger partial charge is 0.503 e. The summed E-state index contributed by atoms with van der Waals surface area (Å²) in [5.41, 5.74) is 2.24. The van der Waals surface area contributed by atoms with Gasteiger partial charge in [0.15, 0.2) is 10.1 Å². The summed E-state index contributed by atoms with van der Waals surface area (Å²) in [5, 5.41) is 21.2. The quantitative estimate of drug-likeness (QED) is 0.178. The van der Waals surface area contributed by atoms with E-state index in [1.54, 1.807) is 35.7 Å². The molecule has 6 nitrogen and oxygen atoms in total. The number of hydrogen-bond acceptors (Lipinski definition) is 8. The fourth-order valence-electron chi connectivity index (χ4n) is 3.75. The van der Waals surface area contributed by atoms with Gasteiger partial charge in [-0.05, 0) is 35.6 Å². The second-order valence-corrected chi connectivity index (χ2v) is 10.9. The maximum atomic E-state index is 14.0. The lowest BCUT2D eigenvalue weighted by Crippen LogP contribution is -2.31. The summed E-state index contributed by atoms with van der Waals surface area (Å²) in [6.07, 6.45) is 0. The van der Waals surface area contributed by atoms with Gasteiger partial charge in [0.2, 0.25) is 10.9 Å². The molecular formula is C25H18FN3O3S3. The van der Waals surface area contributed by atoms with Crippen LogP contribution in [0.3, 0.4) is 0 Å². The second kappa shape index (κ2) is 9.73. The van der Waals surface area contributed by atoms with Crippen LogP contribution in [-0.2, 0) is 10.5 Å². The normalized spacial score (nSPS) is 15.8. The lowest BCUT2D eigenvalue weighted by atomic mass is 9.95. The van der Waals surface area contributed by atoms with Crippen molar-refractivity contribution in [2.45, 2.75) is 23.1 Å². The number of thiophene rings is 1. The van der Waals surface area contributed by atoms with Gasteiger partial charge < -0.3 is 5.11 Å². The summed E-state index contributed by atoms with van der Waals surface area (Å²) in [7, 11) is 0. The number of aryl methyl sites for hydroxylation is 1. The van der Waals surface area contributed by atoms with E-state index in [1.807, 2.05) is 31.2 Å². The summed E-state index contributed by atoms with van der Waals surface area (Å²) in [6, 6.07) is 16.5. The highest BCUT2D eigenvalue weighted by Gasteiger charge is 2.46. The van der Waals surface area contributed by atoms with Crippen LogP contribution < -0.4 is 4.90 Å². The zero-order chi connectivity index (χ0) is 24.5. The molecule has 1 N–H and O–H groups in total. The monoisotopic (exact) mass is 523 g/mol. The minimum atomic E-state index is -0.852. The topological polar surface area (TPSA) is 83.4 Å². The molecule has 0 radical (unpaired) electrons.